The number of hydrogen-bond donors (Lipinski definition) is 3. The molecule has 3 N–H and O–H groups in total. The van der Waals surface area contributed by atoms with Crippen LogP contribution in [0.5, 0.6) is 0 Å². The van der Waals surface area contributed by atoms with E-state index in [1.54, 1.807) is 26.0 Å². The molecule has 1 aromatic carbocycles. The Morgan fingerprint density at radius 2 is 1.96 bits per heavy atom. The predicted molar refractivity (Wildman–Crippen MR) is 91.9 cm³/mol. The third-order valence-corrected chi connectivity index (χ3v) is 3.28. The van der Waals surface area contributed by atoms with Gasteiger partial charge >= 0.3 is 17.8 Å². The number of benzene rings is 1. The maximum atomic E-state index is 11.8. The van der Waals surface area contributed by atoms with Gasteiger partial charge < -0.3 is 15.3 Å². The summed E-state index contributed by atoms with van der Waals surface area (Å²) in [5.74, 6) is -2.99. The van der Waals surface area contributed by atoms with E-state index in [2.05, 4.69) is 20.3 Å². The molecule has 0 radical (unpaired) electrons. The first-order valence-corrected chi connectivity index (χ1v) is 7.49. The van der Waals surface area contributed by atoms with Crippen LogP contribution in [0, 0.1) is 6.92 Å². The molecule has 0 bridgehead atoms. The van der Waals surface area contributed by atoms with E-state index in [9.17, 15) is 14.4 Å². The average molecular weight is 369 g/mol. The zero-order valence-electron chi connectivity index (χ0n) is 13.8. The topological polar surface area (TPSA) is 129 Å². The molecule has 0 unspecified atom stereocenters. The van der Waals surface area contributed by atoms with E-state index in [0.29, 0.717) is 10.7 Å². The number of amides is 2. The molecule has 10 heteroatoms. The van der Waals surface area contributed by atoms with E-state index in [1.807, 2.05) is 5.43 Å². The molecule has 2 amide bonds. The summed E-state index contributed by atoms with van der Waals surface area (Å²) in [6.45, 7) is 4.73. The molecule has 0 aliphatic heterocycles. The first-order chi connectivity index (χ1) is 11.8. The fraction of sp³-hybridized carbons (Fsp3) is 0.267. The lowest BCUT2D eigenvalue weighted by Crippen LogP contribution is -2.34. The monoisotopic (exact) mass is 368 g/mol. The molecule has 0 atom stereocenters. The fourth-order valence-corrected chi connectivity index (χ4v) is 1.74. The first kappa shape index (κ1) is 20.1. The number of esters is 1. The highest BCUT2D eigenvalue weighted by atomic mass is 35.5. The molecule has 0 heterocycles. The lowest BCUT2D eigenvalue weighted by molar-refractivity contribution is -0.136. The van der Waals surface area contributed by atoms with Gasteiger partial charge in [0.2, 0.25) is 5.71 Å². The van der Waals surface area contributed by atoms with Crippen LogP contribution in [0.3, 0.4) is 0 Å². The number of hydrogen-bond acceptors (Lipinski definition) is 7. The van der Waals surface area contributed by atoms with Gasteiger partial charge in [0.25, 0.3) is 0 Å². The largest absolute Gasteiger partial charge is 0.461 e. The van der Waals surface area contributed by atoms with Crippen molar-refractivity contribution in [1.82, 2.24) is 5.43 Å². The van der Waals surface area contributed by atoms with Crippen molar-refractivity contribution in [3.63, 3.8) is 0 Å². The fourth-order valence-electron chi connectivity index (χ4n) is 1.56. The molecule has 0 aliphatic rings. The van der Waals surface area contributed by atoms with Gasteiger partial charge in [0, 0.05) is 10.7 Å². The number of hydrazone groups is 1. The summed E-state index contributed by atoms with van der Waals surface area (Å²) in [7, 11) is 0. The highest BCUT2D eigenvalue weighted by molar-refractivity contribution is 6.65. The molecule has 25 heavy (non-hydrogen) atoms. The van der Waals surface area contributed by atoms with E-state index in [4.69, 9.17) is 16.8 Å². The number of ether oxygens (including phenoxy) is 1. The zero-order chi connectivity index (χ0) is 19.0. The minimum absolute atomic E-state index is 0.0685. The Labute approximate surface area is 148 Å². The van der Waals surface area contributed by atoms with Gasteiger partial charge in [0.15, 0.2) is 0 Å². The number of rotatable bonds is 5. The van der Waals surface area contributed by atoms with Gasteiger partial charge in [-0.1, -0.05) is 22.8 Å². The number of nitrogens with one attached hydrogen (secondary N) is 2. The quantitative estimate of drug-likeness (QED) is 0.238. The Morgan fingerprint density at radius 1 is 1.28 bits per heavy atom. The van der Waals surface area contributed by atoms with Crippen LogP contribution in [0.1, 0.15) is 19.4 Å². The van der Waals surface area contributed by atoms with Gasteiger partial charge in [0.1, 0.15) is 0 Å². The van der Waals surface area contributed by atoms with Crippen LogP contribution in [0.2, 0.25) is 5.02 Å². The van der Waals surface area contributed by atoms with Crippen molar-refractivity contribution in [2.45, 2.75) is 20.8 Å². The molecule has 0 aromatic heterocycles. The summed E-state index contributed by atoms with van der Waals surface area (Å²) < 4.78 is 4.66. The van der Waals surface area contributed by atoms with E-state index in [0.717, 1.165) is 5.56 Å². The van der Waals surface area contributed by atoms with E-state index >= 15 is 0 Å². The summed E-state index contributed by atoms with van der Waals surface area (Å²) in [6, 6.07) is 4.76. The van der Waals surface area contributed by atoms with Gasteiger partial charge in [-0.3, -0.25) is 9.59 Å². The lowest BCUT2D eigenvalue weighted by Gasteiger charge is -2.06. The highest BCUT2D eigenvalue weighted by Gasteiger charge is 2.19. The number of nitrogens with zero attached hydrogens (tertiary/aromatic N) is 2. The summed E-state index contributed by atoms with van der Waals surface area (Å²) in [5.41, 5.74) is 2.47. The number of halogens is 1. The van der Waals surface area contributed by atoms with Crippen LogP contribution in [0.15, 0.2) is 28.5 Å². The second-order valence-electron chi connectivity index (χ2n) is 4.73. The van der Waals surface area contributed by atoms with Gasteiger partial charge in [-0.25, -0.2) is 10.2 Å². The Balaban J connectivity index is 2.72. The van der Waals surface area contributed by atoms with Crippen molar-refractivity contribution >= 4 is 46.5 Å². The van der Waals surface area contributed by atoms with Crippen LogP contribution >= 0.6 is 11.6 Å². The molecular weight excluding hydrogens is 352 g/mol. The van der Waals surface area contributed by atoms with Gasteiger partial charge in [-0.2, -0.15) is 5.10 Å². The molecule has 0 saturated carbocycles. The second kappa shape index (κ2) is 9.38. The van der Waals surface area contributed by atoms with Crippen molar-refractivity contribution in [3.8, 4) is 0 Å². The Bertz CT molecular complexity index is 745. The lowest BCUT2D eigenvalue weighted by atomic mass is 10.2. The Morgan fingerprint density at radius 3 is 2.52 bits per heavy atom. The van der Waals surface area contributed by atoms with Gasteiger partial charge in [0.05, 0.1) is 12.3 Å². The number of carbonyl (C=O) groups is 3. The van der Waals surface area contributed by atoms with Crippen LogP contribution < -0.4 is 10.7 Å². The third kappa shape index (κ3) is 5.88. The van der Waals surface area contributed by atoms with Crippen molar-refractivity contribution in [2.24, 2.45) is 10.3 Å². The van der Waals surface area contributed by atoms with Crippen LogP contribution in [0.25, 0.3) is 0 Å². The zero-order valence-corrected chi connectivity index (χ0v) is 14.5. The standard InChI is InChI=1S/C15H17ClN4O5/c1-4-25-15(23)12(20-24)9(3)18-19-14(22)13(21)17-10-6-5-8(2)11(16)7-10/h5-7,24H,4H2,1-3H3,(H,17,21)(H,19,22). The van der Waals surface area contributed by atoms with Crippen LogP contribution in [-0.4, -0.2) is 41.0 Å². The summed E-state index contributed by atoms with van der Waals surface area (Å²) in [6.07, 6.45) is 0. The molecule has 1 aromatic rings. The molecular formula is C15H17ClN4O5. The van der Waals surface area contributed by atoms with Crippen LogP contribution in [0.4, 0.5) is 5.69 Å². The average Bonchev–Trinajstić information content (AvgIpc) is 2.56. The predicted octanol–water partition coefficient (Wildman–Crippen LogP) is 1.47. The highest BCUT2D eigenvalue weighted by Crippen LogP contribution is 2.19. The van der Waals surface area contributed by atoms with Crippen LogP contribution in [-0.2, 0) is 19.1 Å². The summed E-state index contributed by atoms with van der Waals surface area (Å²) in [4.78, 5) is 35.0. The third-order valence-electron chi connectivity index (χ3n) is 2.87. The van der Waals surface area contributed by atoms with Gasteiger partial charge in [-0.15, -0.1) is 0 Å². The van der Waals surface area contributed by atoms with Crippen molar-refractivity contribution in [1.29, 1.82) is 0 Å². The van der Waals surface area contributed by atoms with E-state index < -0.39 is 23.5 Å². The molecule has 0 spiro atoms. The Hall–Kier alpha value is -2.94. The molecule has 0 aliphatic carbocycles. The first-order valence-electron chi connectivity index (χ1n) is 7.11. The van der Waals surface area contributed by atoms with E-state index in [1.165, 1.54) is 13.0 Å². The normalized spacial score (nSPS) is 11.7. The Kier molecular flexibility index (Phi) is 7.54. The maximum absolute atomic E-state index is 11.8. The molecule has 0 fully saturated rings. The summed E-state index contributed by atoms with van der Waals surface area (Å²) in [5, 5.41) is 17.9. The van der Waals surface area contributed by atoms with Crippen molar-refractivity contribution in [2.75, 3.05) is 11.9 Å². The molecule has 9 nitrogen and oxygen atoms in total. The number of aryl methyl sites for hydroxylation is 1. The molecule has 0 saturated heterocycles. The van der Waals surface area contributed by atoms with Crippen molar-refractivity contribution in [3.05, 3.63) is 28.8 Å². The van der Waals surface area contributed by atoms with Gasteiger partial charge in [-0.05, 0) is 38.5 Å². The number of carbonyl (C=O) groups excluding carboxylic acids is 3. The molecule has 1 rings (SSSR count). The summed E-state index contributed by atoms with van der Waals surface area (Å²) >= 11 is 5.93. The maximum Gasteiger partial charge on any atom is 0.362 e. The minimum Gasteiger partial charge on any atom is -0.461 e. The van der Waals surface area contributed by atoms with E-state index in [-0.39, 0.29) is 12.3 Å². The SMILES string of the molecule is CCOC(=O)C(=NO)C(C)=NNC(=O)C(=O)Nc1ccc(C)c(Cl)c1. The number of oxime groups is 1. The number of anilines is 1. The second-order valence-corrected chi connectivity index (χ2v) is 5.13. The molecule has 134 valence electrons. The smallest absolute Gasteiger partial charge is 0.362 e. The van der Waals surface area contributed by atoms with Crippen molar-refractivity contribution < 1.29 is 24.3 Å². The minimum atomic E-state index is -1.09.